The summed E-state index contributed by atoms with van der Waals surface area (Å²) in [6.45, 7) is 0.341. The van der Waals surface area contributed by atoms with Crippen molar-refractivity contribution in [3.63, 3.8) is 0 Å². The average Bonchev–Trinajstić information content (AvgIpc) is 2.37. The smallest absolute Gasteiger partial charge is 0.305 e. The summed E-state index contributed by atoms with van der Waals surface area (Å²) in [5.74, 6) is -0.176. The highest BCUT2D eigenvalue weighted by molar-refractivity contribution is 5.67. The number of carboxylic acids is 1. The van der Waals surface area contributed by atoms with Gasteiger partial charge in [-0.25, -0.2) is 0 Å². The maximum absolute atomic E-state index is 10.4. The molecule has 0 saturated carbocycles. The van der Waals surface area contributed by atoms with Gasteiger partial charge in [0.15, 0.2) is 0 Å². The fraction of sp³-hybridized carbons (Fsp3) is 0.533. The Kier molecular flexibility index (Phi) is 4.80. The SMILES string of the molecule is O=C(O)CC(O)CCOc1ccc2c(c1)CCCC2. The summed E-state index contributed by atoms with van der Waals surface area (Å²) in [4.78, 5) is 10.4. The van der Waals surface area contributed by atoms with Gasteiger partial charge in [0.25, 0.3) is 0 Å². The van der Waals surface area contributed by atoms with Crippen molar-refractivity contribution in [3.8, 4) is 5.75 Å². The zero-order chi connectivity index (χ0) is 13.7. The number of fused-ring (bicyclic) bond motifs is 1. The Morgan fingerprint density at radius 2 is 2.00 bits per heavy atom. The molecule has 2 rings (SSSR count). The van der Waals surface area contributed by atoms with E-state index in [2.05, 4.69) is 12.1 Å². The molecule has 1 aliphatic carbocycles. The Morgan fingerprint density at radius 3 is 2.74 bits per heavy atom. The van der Waals surface area contributed by atoms with Crippen molar-refractivity contribution >= 4 is 5.97 Å². The first-order chi connectivity index (χ1) is 9.15. The highest BCUT2D eigenvalue weighted by Gasteiger charge is 2.11. The third-order valence-corrected chi connectivity index (χ3v) is 3.45. The van der Waals surface area contributed by atoms with Crippen LogP contribution in [0, 0.1) is 0 Å². The minimum absolute atomic E-state index is 0.229. The number of benzene rings is 1. The number of aliphatic carboxylic acids is 1. The number of carbonyl (C=O) groups is 1. The number of aryl methyl sites for hydroxylation is 2. The number of aliphatic hydroxyl groups is 1. The third-order valence-electron chi connectivity index (χ3n) is 3.45. The van der Waals surface area contributed by atoms with E-state index in [1.54, 1.807) is 0 Å². The molecule has 0 bridgehead atoms. The van der Waals surface area contributed by atoms with Crippen LogP contribution in [0.3, 0.4) is 0 Å². The molecule has 0 aliphatic heterocycles. The summed E-state index contributed by atoms with van der Waals surface area (Å²) in [6.07, 6.45) is 4.01. The van der Waals surface area contributed by atoms with E-state index in [-0.39, 0.29) is 6.42 Å². The molecule has 2 N–H and O–H groups in total. The fourth-order valence-electron chi connectivity index (χ4n) is 2.42. The molecule has 19 heavy (non-hydrogen) atoms. The highest BCUT2D eigenvalue weighted by Crippen LogP contribution is 2.25. The van der Waals surface area contributed by atoms with Crippen LogP contribution in [0.15, 0.2) is 18.2 Å². The number of aliphatic hydroxyl groups excluding tert-OH is 1. The zero-order valence-corrected chi connectivity index (χ0v) is 11.0. The molecule has 0 radical (unpaired) electrons. The van der Waals surface area contributed by atoms with Gasteiger partial charge in [-0.05, 0) is 48.9 Å². The molecule has 0 fully saturated rings. The second-order valence-corrected chi connectivity index (χ2v) is 5.03. The monoisotopic (exact) mass is 264 g/mol. The number of rotatable bonds is 6. The van der Waals surface area contributed by atoms with Gasteiger partial charge in [-0.1, -0.05) is 6.07 Å². The first-order valence-electron chi connectivity index (χ1n) is 6.79. The van der Waals surface area contributed by atoms with E-state index in [4.69, 9.17) is 9.84 Å². The van der Waals surface area contributed by atoms with Crippen LogP contribution in [0.2, 0.25) is 0 Å². The summed E-state index contributed by atoms with van der Waals surface area (Å²) in [7, 11) is 0. The molecule has 0 heterocycles. The zero-order valence-electron chi connectivity index (χ0n) is 11.0. The van der Waals surface area contributed by atoms with E-state index >= 15 is 0 Å². The van der Waals surface area contributed by atoms with Crippen LogP contribution >= 0.6 is 0 Å². The van der Waals surface area contributed by atoms with E-state index in [9.17, 15) is 9.90 Å². The molecule has 1 aromatic carbocycles. The first kappa shape index (κ1) is 13.9. The van der Waals surface area contributed by atoms with Crippen LogP contribution in [-0.4, -0.2) is 28.9 Å². The van der Waals surface area contributed by atoms with Crippen molar-refractivity contribution in [1.29, 1.82) is 0 Å². The molecule has 0 aromatic heterocycles. The van der Waals surface area contributed by atoms with Gasteiger partial charge in [0, 0.05) is 6.42 Å². The van der Waals surface area contributed by atoms with Gasteiger partial charge in [0.05, 0.1) is 19.1 Å². The maximum Gasteiger partial charge on any atom is 0.305 e. The van der Waals surface area contributed by atoms with Crippen molar-refractivity contribution < 1.29 is 19.7 Å². The predicted molar refractivity (Wildman–Crippen MR) is 71.5 cm³/mol. The Labute approximate surface area is 113 Å². The van der Waals surface area contributed by atoms with Gasteiger partial charge in [-0.3, -0.25) is 4.79 Å². The van der Waals surface area contributed by atoms with Crippen LogP contribution in [0.4, 0.5) is 0 Å². The minimum Gasteiger partial charge on any atom is -0.493 e. The van der Waals surface area contributed by atoms with E-state index in [0.29, 0.717) is 13.0 Å². The van der Waals surface area contributed by atoms with Crippen LogP contribution in [0.5, 0.6) is 5.75 Å². The minimum atomic E-state index is -0.985. The normalized spacial score (nSPS) is 15.6. The van der Waals surface area contributed by atoms with Gasteiger partial charge in [0.2, 0.25) is 0 Å². The average molecular weight is 264 g/mol. The number of carboxylic acid groups (broad SMARTS) is 1. The Morgan fingerprint density at radius 1 is 1.26 bits per heavy atom. The topological polar surface area (TPSA) is 66.8 Å². The van der Waals surface area contributed by atoms with E-state index in [1.807, 2.05) is 6.07 Å². The van der Waals surface area contributed by atoms with Gasteiger partial charge in [-0.15, -0.1) is 0 Å². The maximum atomic E-state index is 10.4. The second kappa shape index (κ2) is 6.57. The highest BCUT2D eigenvalue weighted by atomic mass is 16.5. The number of ether oxygens (including phenoxy) is 1. The molecular formula is C15H20O4. The largest absolute Gasteiger partial charge is 0.493 e. The summed E-state index contributed by atoms with van der Waals surface area (Å²) in [5.41, 5.74) is 2.76. The second-order valence-electron chi connectivity index (χ2n) is 5.03. The molecule has 1 unspecified atom stereocenters. The predicted octanol–water partition coefficient (Wildman–Crippen LogP) is 2.17. The van der Waals surface area contributed by atoms with Crippen LogP contribution < -0.4 is 4.74 Å². The number of hydrogen-bond acceptors (Lipinski definition) is 3. The lowest BCUT2D eigenvalue weighted by Crippen LogP contribution is -2.16. The lowest BCUT2D eigenvalue weighted by Gasteiger charge is -2.17. The molecule has 4 nitrogen and oxygen atoms in total. The third kappa shape index (κ3) is 4.24. The van der Waals surface area contributed by atoms with E-state index < -0.39 is 12.1 Å². The molecule has 0 saturated heterocycles. The molecule has 1 atom stereocenters. The Hall–Kier alpha value is -1.55. The van der Waals surface area contributed by atoms with Crippen molar-refractivity contribution in [2.75, 3.05) is 6.61 Å². The summed E-state index contributed by atoms with van der Waals surface area (Å²) >= 11 is 0. The summed E-state index contributed by atoms with van der Waals surface area (Å²) in [6, 6.07) is 6.13. The van der Waals surface area contributed by atoms with Gasteiger partial charge < -0.3 is 14.9 Å². The molecule has 104 valence electrons. The van der Waals surface area contributed by atoms with Crippen LogP contribution in [0.1, 0.15) is 36.8 Å². The number of hydrogen-bond donors (Lipinski definition) is 2. The Balaban J connectivity index is 1.81. The molecule has 1 aliphatic rings. The standard InChI is InChI=1S/C15H20O4/c16-13(10-15(17)18)7-8-19-14-6-5-11-3-1-2-4-12(11)9-14/h5-6,9,13,16H,1-4,7-8,10H2,(H,17,18). The molecular weight excluding hydrogens is 244 g/mol. The van der Waals surface area contributed by atoms with Gasteiger partial charge in [0.1, 0.15) is 5.75 Å². The van der Waals surface area contributed by atoms with E-state index in [0.717, 1.165) is 18.6 Å². The summed E-state index contributed by atoms with van der Waals surface area (Å²) < 4.78 is 5.57. The first-order valence-corrected chi connectivity index (χ1v) is 6.79. The fourth-order valence-corrected chi connectivity index (χ4v) is 2.42. The lowest BCUT2D eigenvalue weighted by atomic mass is 9.92. The van der Waals surface area contributed by atoms with Crippen molar-refractivity contribution in [1.82, 2.24) is 0 Å². The summed E-state index contributed by atoms with van der Waals surface area (Å²) in [5, 5.41) is 18.0. The van der Waals surface area contributed by atoms with E-state index in [1.165, 1.54) is 24.0 Å². The molecule has 4 heteroatoms. The van der Waals surface area contributed by atoms with Crippen molar-refractivity contribution in [3.05, 3.63) is 29.3 Å². The molecule has 1 aromatic rings. The van der Waals surface area contributed by atoms with Crippen LogP contribution in [0.25, 0.3) is 0 Å². The van der Waals surface area contributed by atoms with Crippen molar-refractivity contribution in [2.24, 2.45) is 0 Å². The Bertz CT molecular complexity index is 442. The van der Waals surface area contributed by atoms with Gasteiger partial charge in [-0.2, -0.15) is 0 Å². The van der Waals surface area contributed by atoms with Crippen molar-refractivity contribution in [2.45, 2.75) is 44.6 Å². The quantitative estimate of drug-likeness (QED) is 0.826. The van der Waals surface area contributed by atoms with Gasteiger partial charge >= 0.3 is 5.97 Å². The molecule has 0 spiro atoms. The van der Waals surface area contributed by atoms with Crippen LogP contribution in [-0.2, 0) is 17.6 Å². The lowest BCUT2D eigenvalue weighted by molar-refractivity contribution is -0.139. The molecule has 0 amide bonds.